The second-order valence-corrected chi connectivity index (χ2v) is 4.17. The Morgan fingerprint density at radius 2 is 1.94 bits per heavy atom. The van der Waals surface area contributed by atoms with Gasteiger partial charge in [-0.15, -0.1) is 0 Å². The van der Waals surface area contributed by atoms with Gasteiger partial charge < -0.3 is 14.5 Å². The predicted molar refractivity (Wildman–Crippen MR) is 67.8 cm³/mol. The van der Waals surface area contributed by atoms with Crippen molar-refractivity contribution >= 4 is 11.6 Å². The molecule has 1 saturated heterocycles. The highest BCUT2D eigenvalue weighted by Crippen LogP contribution is 2.28. The van der Waals surface area contributed by atoms with Crippen molar-refractivity contribution in [1.29, 1.82) is 0 Å². The van der Waals surface area contributed by atoms with Gasteiger partial charge in [-0.05, 0) is 12.1 Å². The first-order chi connectivity index (χ1) is 8.76. The van der Waals surface area contributed by atoms with Crippen LogP contribution < -0.4 is 9.64 Å². The fourth-order valence-corrected chi connectivity index (χ4v) is 2.17. The molecule has 0 aromatic heterocycles. The predicted octanol–water partition coefficient (Wildman–Crippen LogP) is 1.31. The van der Waals surface area contributed by atoms with Gasteiger partial charge in [0.2, 0.25) is 0 Å². The highest BCUT2D eigenvalue weighted by atomic mass is 19.1. The van der Waals surface area contributed by atoms with Gasteiger partial charge in [0.1, 0.15) is 5.75 Å². The molecule has 0 aliphatic carbocycles. The van der Waals surface area contributed by atoms with Crippen LogP contribution in [0.1, 0.15) is 0 Å². The number of para-hydroxylation sites is 2. The molecule has 0 unspecified atom stereocenters. The molecule has 0 N–H and O–H groups in total. The Balaban J connectivity index is 2.03. The van der Waals surface area contributed by atoms with E-state index in [9.17, 15) is 9.18 Å². The molecule has 1 heterocycles. The number of nitrogens with zero attached hydrogens (tertiary/aromatic N) is 2. The molecule has 98 valence electrons. The fraction of sp³-hybridized carbons (Fsp3) is 0.462. The largest absolute Gasteiger partial charge is 0.495 e. The van der Waals surface area contributed by atoms with Crippen molar-refractivity contribution in [3.8, 4) is 5.75 Å². The molecule has 0 radical (unpaired) electrons. The Kier molecular flexibility index (Phi) is 4.02. The van der Waals surface area contributed by atoms with E-state index in [1.807, 2.05) is 24.3 Å². The van der Waals surface area contributed by atoms with Crippen LogP contribution in [-0.2, 0) is 4.79 Å². The smallest absolute Gasteiger partial charge is 0.254 e. The Morgan fingerprint density at radius 3 is 2.56 bits per heavy atom. The molecular weight excluding hydrogens is 235 g/mol. The first kappa shape index (κ1) is 12.7. The minimum atomic E-state index is -0.908. The van der Waals surface area contributed by atoms with Crippen LogP contribution in [0.4, 0.5) is 10.1 Å². The number of benzene rings is 1. The highest BCUT2D eigenvalue weighted by Gasteiger charge is 2.22. The zero-order valence-electron chi connectivity index (χ0n) is 10.4. The highest BCUT2D eigenvalue weighted by molar-refractivity contribution is 5.77. The van der Waals surface area contributed by atoms with Crippen molar-refractivity contribution in [2.75, 3.05) is 44.9 Å². The van der Waals surface area contributed by atoms with Crippen molar-refractivity contribution in [1.82, 2.24) is 4.90 Å². The second-order valence-electron chi connectivity index (χ2n) is 4.17. The molecular formula is C13H17FN2O2. The Hall–Kier alpha value is -1.78. The van der Waals surface area contributed by atoms with Crippen LogP contribution in [0.15, 0.2) is 24.3 Å². The van der Waals surface area contributed by atoms with Crippen LogP contribution in [0.5, 0.6) is 5.75 Å². The SMILES string of the molecule is COc1ccccc1N1CCN(C(=O)CF)CC1. The van der Waals surface area contributed by atoms with Crippen molar-refractivity contribution in [3.63, 3.8) is 0 Å². The molecule has 1 amide bonds. The van der Waals surface area contributed by atoms with E-state index in [0.717, 1.165) is 11.4 Å². The number of alkyl halides is 1. The summed E-state index contributed by atoms with van der Waals surface area (Å²) in [6.45, 7) is 1.61. The van der Waals surface area contributed by atoms with E-state index >= 15 is 0 Å². The van der Waals surface area contributed by atoms with Gasteiger partial charge in [0, 0.05) is 26.2 Å². The molecule has 0 bridgehead atoms. The lowest BCUT2D eigenvalue weighted by atomic mass is 10.2. The average Bonchev–Trinajstić information content (AvgIpc) is 2.46. The minimum absolute atomic E-state index is 0.422. The quantitative estimate of drug-likeness (QED) is 0.813. The second kappa shape index (κ2) is 5.71. The van der Waals surface area contributed by atoms with Crippen LogP contribution in [0.2, 0.25) is 0 Å². The maximum atomic E-state index is 12.3. The first-order valence-electron chi connectivity index (χ1n) is 5.98. The lowest BCUT2D eigenvalue weighted by molar-refractivity contribution is -0.132. The number of carbonyl (C=O) groups excluding carboxylic acids is 1. The minimum Gasteiger partial charge on any atom is -0.495 e. The van der Waals surface area contributed by atoms with Gasteiger partial charge in [0.25, 0.3) is 5.91 Å². The standard InChI is InChI=1S/C13H17FN2O2/c1-18-12-5-3-2-4-11(12)15-6-8-16(9-7-15)13(17)10-14/h2-5H,6-10H2,1H3. The number of anilines is 1. The molecule has 18 heavy (non-hydrogen) atoms. The maximum absolute atomic E-state index is 12.3. The van der Waals surface area contributed by atoms with Gasteiger partial charge in [0.05, 0.1) is 12.8 Å². The third-order valence-corrected chi connectivity index (χ3v) is 3.17. The molecule has 0 saturated carbocycles. The van der Waals surface area contributed by atoms with E-state index in [1.54, 1.807) is 12.0 Å². The third kappa shape index (κ3) is 2.55. The lowest BCUT2D eigenvalue weighted by Gasteiger charge is -2.36. The van der Waals surface area contributed by atoms with Crippen molar-refractivity contribution in [3.05, 3.63) is 24.3 Å². The number of hydrogen-bond acceptors (Lipinski definition) is 3. The lowest BCUT2D eigenvalue weighted by Crippen LogP contribution is -2.49. The molecule has 1 fully saturated rings. The number of methoxy groups -OCH3 is 1. The van der Waals surface area contributed by atoms with Gasteiger partial charge in [0.15, 0.2) is 6.67 Å². The zero-order chi connectivity index (χ0) is 13.0. The molecule has 2 rings (SSSR count). The fourth-order valence-electron chi connectivity index (χ4n) is 2.17. The van der Waals surface area contributed by atoms with Gasteiger partial charge in [-0.1, -0.05) is 12.1 Å². The Morgan fingerprint density at radius 1 is 1.28 bits per heavy atom. The Labute approximate surface area is 106 Å². The Bertz CT molecular complexity index is 417. The number of amides is 1. The molecule has 1 aliphatic heterocycles. The molecule has 0 atom stereocenters. The van der Waals surface area contributed by atoms with Gasteiger partial charge in [-0.3, -0.25) is 4.79 Å². The summed E-state index contributed by atoms with van der Waals surface area (Å²) < 4.78 is 17.6. The van der Waals surface area contributed by atoms with Gasteiger partial charge in [-0.25, -0.2) is 4.39 Å². The molecule has 0 spiro atoms. The average molecular weight is 252 g/mol. The zero-order valence-corrected chi connectivity index (χ0v) is 10.4. The van der Waals surface area contributed by atoms with E-state index in [1.165, 1.54) is 0 Å². The summed E-state index contributed by atoms with van der Waals surface area (Å²) in [5.41, 5.74) is 1.02. The first-order valence-corrected chi connectivity index (χ1v) is 5.98. The summed E-state index contributed by atoms with van der Waals surface area (Å²) >= 11 is 0. The molecule has 4 nitrogen and oxygen atoms in total. The van der Waals surface area contributed by atoms with Crippen LogP contribution in [0.25, 0.3) is 0 Å². The third-order valence-electron chi connectivity index (χ3n) is 3.17. The molecule has 1 aromatic carbocycles. The number of halogens is 1. The number of carbonyl (C=O) groups is 1. The topological polar surface area (TPSA) is 32.8 Å². The van der Waals surface area contributed by atoms with Crippen molar-refractivity contribution in [2.24, 2.45) is 0 Å². The van der Waals surface area contributed by atoms with Crippen molar-refractivity contribution < 1.29 is 13.9 Å². The summed E-state index contributed by atoms with van der Waals surface area (Å²) in [5.74, 6) is 0.400. The summed E-state index contributed by atoms with van der Waals surface area (Å²) in [4.78, 5) is 15.0. The number of rotatable bonds is 3. The number of piperazine rings is 1. The van der Waals surface area contributed by atoms with Crippen LogP contribution in [0.3, 0.4) is 0 Å². The maximum Gasteiger partial charge on any atom is 0.254 e. The van der Waals surface area contributed by atoms with E-state index in [2.05, 4.69) is 4.90 Å². The number of ether oxygens (including phenoxy) is 1. The van der Waals surface area contributed by atoms with E-state index in [0.29, 0.717) is 26.2 Å². The molecule has 1 aromatic rings. The normalized spacial score (nSPS) is 15.7. The van der Waals surface area contributed by atoms with E-state index in [-0.39, 0.29) is 0 Å². The van der Waals surface area contributed by atoms with Crippen molar-refractivity contribution in [2.45, 2.75) is 0 Å². The molecule has 5 heteroatoms. The van der Waals surface area contributed by atoms with Crippen LogP contribution in [0, 0.1) is 0 Å². The summed E-state index contributed by atoms with van der Waals surface area (Å²) in [5, 5.41) is 0. The van der Waals surface area contributed by atoms with Crippen LogP contribution >= 0.6 is 0 Å². The van der Waals surface area contributed by atoms with Crippen LogP contribution in [-0.4, -0.2) is 50.8 Å². The van der Waals surface area contributed by atoms with E-state index < -0.39 is 12.6 Å². The summed E-state index contributed by atoms with van der Waals surface area (Å²) in [6, 6.07) is 7.78. The van der Waals surface area contributed by atoms with Gasteiger partial charge >= 0.3 is 0 Å². The number of hydrogen-bond donors (Lipinski definition) is 0. The van der Waals surface area contributed by atoms with Gasteiger partial charge in [-0.2, -0.15) is 0 Å². The monoisotopic (exact) mass is 252 g/mol. The molecule has 1 aliphatic rings. The summed E-state index contributed by atoms with van der Waals surface area (Å²) in [6.07, 6.45) is 0. The van der Waals surface area contributed by atoms with E-state index in [4.69, 9.17) is 4.74 Å². The summed E-state index contributed by atoms with van der Waals surface area (Å²) in [7, 11) is 1.64.